The third-order valence-corrected chi connectivity index (χ3v) is 7.48. The van der Waals surface area contributed by atoms with Gasteiger partial charge < -0.3 is 5.32 Å². The summed E-state index contributed by atoms with van der Waals surface area (Å²) in [5.41, 5.74) is 2.37. The molecular weight excluding hydrogens is 384 g/mol. The van der Waals surface area contributed by atoms with Crippen LogP contribution in [0.2, 0.25) is 0 Å². The van der Waals surface area contributed by atoms with Gasteiger partial charge in [-0.2, -0.15) is 0 Å². The Morgan fingerprint density at radius 2 is 1.52 bits per heavy atom. The summed E-state index contributed by atoms with van der Waals surface area (Å²) in [7, 11) is -3.20. The molecule has 29 heavy (non-hydrogen) atoms. The number of sulfonamides is 1. The summed E-state index contributed by atoms with van der Waals surface area (Å²) >= 11 is 0. The molecule has 6 heteroatoms. The van der Waals surface area contributed by atoms with Gasteiger partial charge in [-0.25, -0.2) is 13.1 Å². The minimum atomic E-state index is -3.20. The van der Waals surface area contributed by atoms with E-state index in [4.69, 9.17) is 0 Å². The predicted octanol–water partition coefficient (Wildman–Crippen LogP) is 4.22. The number of carbonyl (C=O) groups is 1. The van der Waals surface area contributed by atoms with Crippen molar-refractivity contribution in [1.29, 1.82) is 0 Å². The highest BCUT2D eigenvalue weighted by Gasteiger charge is 2.26. The van der Waals surface area contributed by atoms with E-state index in [1.807, 2.05) is 54.6 Å². The van der Waals surface area contributed by atoms with Crippen molar-refractivity contribution in [1.82, 2.24) is 4.72 Å². The number of nitrogens with one attached hydrogen (secondary N) is 2. The lowest BCUT2D eigenvalue weighted by Gasteiger charge is -2.29. The molecule has 0 bridgehead atoms. The Kier molecular flexibility index (Phi) is 7.09. The fourth-order valence-electron chi connectivity index (χ4n) is 3.61. The third kappa shape index (κ3) is 5.90. The van der Waals surface area contributed by atoms with Crippen LogP contribution < -0.4 is 10.0 Å². The van der Waals surface area contributed by atoms with Crippen LogP contribution in [0.4, 0.5) is 5.69 Å². The molecule has 0 radical (unpaired) electrons. The van der Waals surface area contributed by atoms with E-state index in [-0.39, 0.29) is 11.8 Å². The monoisotopic (exact) mass is 414 g/mol. The van der Waals surface area contributed by atoms with Gasteiger partial charge in [0.15, 0.2) is 5.78 Å². The normalized spacial score (nSPS) is 19.8. The van der Waals surface area contributed by atoms with Gasteiger partial charge in [-0.1, -0.05) is 30.3 Å². The lowest BCUT2D eigenvalue weighted by molar-refractivity contribution is 0.103. The zero-order valence-corrected chi connectivity index (χ0v) is 17.9. The Labute approximate surface area is 174 Å². The number of hydrogen-bond donors (Lipinski definition) is 2. The van der Waals surface area contributed by atoms with Crippen LogP contribution in [-0.2, 0) is 10.0 Å². The van der Waals surface area contributed by atoms with Crippen molar-refractivity contribution < 1.29 is 13.2 Å². The standard InChI is InChI=1S/C23H30N2O3S/c1-17(2)29(27,28)25-22-12-8-18(9-13-22)16-24-21-14-10-20(11-15-21)23(26)19-6-4-3-5-7-19/h3-7,10-11,14-15,17-18,22,24-25H,8-9,12-13,16H2,1-2H3. The minimum Gasteiger partial charge on any atom is -0.385 e. The first-order valence-corrected chi connectivity index (χ1v) is 11.8. The van der Waals surface area contributed by atoms with Crippen molar-refractivity contribution in [3.05, 3.63) is 65.7 Å². The smallest absolute Gasteiger partial charge is 0.214 e. The van der Waals surface area contributed by atoms with Crippen LogP contribution in [0.15, 0.2) is 54.6 Å². The number of anilines is 1. The summed E-state index contributed by atoms with van der Waals surface area (Å²) in [5, 5.41) is 3.06. The van der Waals surface area contributed by atoms with E-state index in [2.05, 4.69) is 10.0 Å². The van der Waals surface area contributed by atoms with E-state index in [1.54, 1.807) is 13.8 Å². The quantitative estimate of drug-likeness (QED) is 0.634. The number of carbonyl (C=O) groups excluding carboxylic acids is 1. The van der Waals surface area contributed by atoms with E-state index in [0.717, 1.165) is 37.9 Å². The van der Waals surface area contributed by atoms with Crippen LogP contribution in [-0.4, -0.2) is 32.0 Å². The molecule has 1 fully saturated rings. The molecule has 0 aromatic heterocycles. The van der Waals surface area contributed by atoms with Gasteiger partial charge in [0.2, 0.25) is 10.0 Å². The second kappa shape index (κ2) is 9.55. The van der Waals surface area contributed by atoms with Gasteiger partial charge in [0, 0.05) is 29.4 Å². The molecule has 0 atom stereocenters. The molecule has 0 saturated heterocycles. The maximum atomic E-state index is 12.5. The number of benzene rings is 2. The van der Waals surface area contributed by atoms with Crippen molar-refractivity contribution in [2.24, 2.45) is 5.92 Å². The van der Waals surface area contributed by atoms with E-state index < -0.39 is 15.3 Å². The fourth-order valence-corrected chi connectivity index (χ4v) is 4.58. The van der Waals surface area contributed by atoms with Gasteiger partial charge in [-0.15, -0.1) is 0 Å². The molecule has 0 heterocycles. The average Bonchev–Trinajstić information content (AvgIpc) is 2.73. The molecule has 2 aromatic rings. The molecule has 1 aliphatic rings. The zero-order valence-electron chi connectivity index (χ0n) is 17.1. The van der Waals surface area contributed by atoms with Crippen molar-refractivity contribution >= 4 is 21.5 Å². The fraction of sp³-hybridized carbons (Fsp3) is 0.435. The van der Waals surface area contributed by atoms with Crippen LogP contribution in [0, 0.1) is 5.92 Å². The second-order valence-electron chi connectivity index (χ2n) is 8.08. The maximum Gasteiger partial charge on any atom is 0.214 e. The van der Waals surface area contributed by atoms with Crippen molar-refractivity contribution in [2.45, 2.75) is 50.8 Å². The van der Waals surface area contributed by atoms with E-state index in [9.17, 15) is 13.2 Å². The minimum absolute atomic E-state index is 0.0272. The highest BCUT2D eigenvalue weighted by molar-refractivity contribution is 7.90. The van der Waals surface area contributed by atoms with Crippen LogP contribution in [0.25, 0.3) is 0 Å². The molecule has 0 unspecified atom stereocenters. The first-order chi connectivity index (χ1) is 13.8. The van der Waals surface area contributed by atoms with Gasteiger partial charge in [-0.05, 0) is 69.7 Å². The summed E-state index contributed by atoms with van der Waals surface area (Å²) in [6.45, 7) is 4.27. The Hall–Kier alpha value is -2.18. The zero-order chi connectivity index (χ0) is 20.9. The molecule has 0 spiro atoms. The summed E-state index contributed by atoms with van der Waals surface area (Å²) in [6, 6.07) is 16.9. The first-order valence-electron chi connectivity index (χ1n) is 10.3. The topological polar surface area (TPSA) is 75.3 Å². The number of rotatable bonds is 8. The Balaban J connectivity index is 1.46. The molecule has 3 rings (SSSR count). The summed E-state index contributed by atoms with van der Waals surface area (Å²) in [6.07, 6.45) is 3.76. The van der Waals surface area contributed by atoms with Crippen molar-refractivity contribution in [3.8, 4) is 0 Å². The lowest BCUT2D eigenvalue weighted by atomic mass is 9.86. The molecule has 0 amide bonds. The molecule has 156 valence electrons. The van der Waals surface area contributed by atoms with Gasteiger partial charge in [0.1, 0.15) is 0 Å². The van der Waals surface area contributed by atoms with E-state index >= 15 is 0 Å². The summed E-state index contributed by atoms with van der Waals surface area (Å²) < 4.78 is 26.9. The van der Waals surface area contributed by atoms with Crippen LogP contribution in [0.1, 0.15) is 55.5 Å². The Bertz CT molecular complexity index is 901. The molecule has 1 saturated carbocycles. The van der Waals surface area contributed by atoms with E-state index in [1.165, 1.54) is 0 Å². The average molecular weight is 415 g/mol. The molecule has 0 aliphatic heterocycles. The van der Waals surface area contributed by atoms with E-state index in [0.29, 0.717) is 17.0 Å². The van der Waals surface area contributed by atoms with Crippen LogP contribution in [0.5, 0.6) is 0 Å². The highest BCUT2D eigenvalue weighted by atomic mass is 32.2. The van der Waals surface area contributed by atoms with Gasteiger partial charge in [0.05, 0.1) is 5.25 Å². The lowest BCUT2D eigenvalue weighted by Crippen LogP contribution is -2.41. The summed E-state index contributed by atoms with van der Waals surface area (Å²) in [5.74, 6) is 0.555. The molecule has 5 nitrogen and oxygen atoms in total. The maximum absolute atomic E-state index is 12.5. The molecular formula is C23H30N2O3S. The first kappa shape index (κ1) is 21.5. The second-order valence-corrected chi connectivity index (χ2v) is 10.4. The molecule has 2 aromatic carbocycles. The summed E-state index contributed by atoms with van der Waals surface area (Å²) in [4.78, 5) is 12.5. The van der Waals surface area contributed by atoms with Gasteiger partial charge in [-0.3, -0.25) is 4.79 Å². The van der Waals surface area contributed by atoms with Crippen molar-refractivity contribution in [2.75, 3.05) is 11.9 Å². The third-order valence-electron chi connectivity index (χ3n) is 5.58. The number of ketones is 1. The van der Waals surface area contributed by atoms with Crippen molar-refractivity contribution in [3.63, 3.8) is 0 Å². The largest absolute Gasteiger partial charge is 0.385 e. The SMILES string of the molecule is CC(C)S(=O)(=O)NC1CCC(CNc2ccc(C(=O)c3ccccc3)cc2)CC1. The number of hydrogen-bond acceptors (Lipinski definition) is 4. The van der Waals surface area contributed by atoms with Gasteiger partial charge >= 0.3 is 0 Å². The van der Waals surface area contributed by atoms with Crippen LogP contribution in [0.3, 0.4) is 0 Å². The Morgan fingerprint density at radius 1 is 0.931 bits per heavy atom. The van der Waals surface area contributed by atoms with Gasteiger partial charge in [0.25, 0.3) is 0 Å². The highest BCUT2D eigenvalue weighted by Crippen LogP contribution is 2.25. The Morgan fingerprint density at radius 3 is 2.10 bits per heavy atom. The molecule has 2 N–H and O–H groups in total. The molecule has 1 aliphatic carbocycles. The van der Waals surface area contributed by atoms with Crippen LogP contribution >= 0.6 is 0 Å². The predicted molar refractivity (Wildman–Crippen MR) is 118 cm³/mol.